The molecule has 2 rings (SSSR count). The lowest BCUT2D eigenvalue weighted by Crippen LogP contribution is -2.24. The van der Waals surface area contributed by atoms with E-state index in [4.69, 9.17) is 5.11 Å². The number of hydrogen-bond donors (Lipinski definition) is 2. The summed E-state index contributed by atoms with van der Waals surface area (Å²) in [6.07, 6.45) is 6.25. The van der Waals surface area contributed by atoms with E-state index in [1.54, 1.807) is 7.05 Å². The molecule has 1 aliphatic carbocycles. The molecule has 1 fully saturated rings. The SMILES string of the molecule is CNC(C(=O)O)c1nc(C2CCCCC2)cs1. The first-order valence-electron chi connectivity index (χ1n) is 6.07. The summed E-state index contributed by atoms with van der Waals surface area (Å²) < 4.78 is 0. The van der Waals surface area contributed by atoms with Gasteiger partial charge in [0.25, 0.3) is 0 Å². The van der Waals surface area contributed by atoms with Gasteiger partial charge < -0.3 is 10.4 Å². The molecule has 0 bridgehead atoms. The minimum absolute atomic E-state index is 0.542. The molecule has 0 aliphatic heterocycles. The van der Waals surface area contributed by atoms with Crippen LogP contribution in [0.1, 0.15) is 54.8 Å². The van der Waals surface area contributed by atoms with E-state index in [0.717, 1.165) is 5.69 Å². The van der Waals surface area contributed by atoms with Gasteiger partial charge in [-0.15, -0.1) is 11.3 Å². The lowest BCUT2D eigenvalue weighted by molar-refractivity contribution is -0.139. The van der Waals surface area contributed by atoms with Crippen LogP contribution in [0.15, 0.2) is 5.38 Å². The van der Waals surface area contributed by atoms with Crippen molar-refractivity contribution in [1.29, 1.82) is 0 Å². The van der Waals surface area contributed by atoms with Gasteiger partial charge in [0.15, 0.2) is 6.04 Å². The van der Waals surface area contributed by atoms with E-state index in [1.165, 1.54) is 43.4 Å². The fraction of sp³-hybridized carbons (Fsp3) is 0.667. The molecule has 17 heavy (non-hydrogen) atoms. The quantitative estimate of drug-likeness (QED) is 0.866. The molecule has 1 heterocycles. The average molecular weight is 254 g/mol. The van der Waals surface area contributed by atoms with Crippen molar-refractivity contribution < 1.29 is 9.90 Å². The molecule has 0 aromatic carbocycles. The van der Waals surface area contributed by atoms with Crippen LogP contribution in [-0.4, -0.2) is 23.1 Å². The van der Waals surface area contributed by atoms with Crippen LogP contribution in [0.25, 0.3) is 0 Å². The molecule has 0 saturated heterocycles. The summed E-state index contributed by atoms with van der Waals surface area (Å²) in [4.78, 5) is 15.5. The maximum Gasteiger partial charge on any atom is 0.327 e. The van der Waals surface area contributed by atoms with E-state index in [1.807, 2.05) is 5.38 Å². The van der Waals surface area contributed by atoms with E-state index in [9.17, 15) is 4.79 Å². The molecule has 94 valence electrons. The summed E-state index contributed by atoms with van der Waals surface area (Å²) >= 11 is 1.45. The molecule has 4 nitrogen and oxygen atoms in total. The van der Waals surface area contributed by atoms with Gasteiger partial charge in [-0.2, -0.15) is 0 Å². The number of aliphatic carboxylic acids is 1. The molecule has 1 atom stereocenters. The van der Waals surface area contributed by atoms with Gasteiger partial charge in [-0.05, 0) is 19.9 Å². The molecule has 0 radical (unpaired) electrons. The molecule has 1 saturated carbocycles. The largest absolute Gasteiger partial charge is 0.480 e. The van der Waals surface area contributed by atoms with Crippen LogP contribution in [0, 0.1) is 0 Å². The summed E-state index contributed by atoms with van der Waals surface area (Å²) in [6, 6.07) is -0.669. The van der Waals surface area contributed by atoms with Crippen molar-refractivity contribution in [2.24, 2.45) is 0 Å². The molecule has 0 amide bonds. The van der Waals surface area contributed by atoms with Crippen LogP contribution < -0.4 is 5.32 Å². The number of thiazole rings is 1. The third-order valence-corrected chi connectivity index (χ3v) is 4.27. The molecule has 0 spiro atoms. The Labute approximate surface area is 105 Å². The van der Waals surface area contributed by atoms with Gasteiger partial charge >= 0.3 is 5.97 Å². The van der Waals surface area contributed by atoms with Gasteiger partial charge in [0, 0.05) is 11.3 Å². The Kier molecular flexibility index (Phi) is 4.12. The van der Waals surface area contributed by atoms with Crippen molar-refractivity contribution in [2.75, 3.05) is 7.05 Å². The van der Waals surface area contributed by atoms with Gasteiger partial charge in [0.05, 0.1) is 5.69 Å². The summed E-state index contributed by atoms with van der Waals surface area (Å²) in [5, 5.41) is 14.5. The van der Waals surface area contributed by atoms with Crippen LogP contribution in [0.5, 0.6) is 0 Å². The van der Waals surface area contributed by atoms with Crippen LogP contribution in [0.4, 0.5) is 0 Å². The number of hydrogen-bond acceptors (Lipinski definition) is 4. The fourth-order valence-corrected chi connectivity index (χ4v) is 3.37. The third kappa shape index (κ3) is 2.84. The van der Waals surface area contributed by atoms with Crippen molar-refractivity contribution in [3.63, 3.8) is 0 Å². The average Bonchev–Trinajstić information content (AvgIpc) is 2.80. The Bertz CT molecular complexity index is 386. The highest BCUT2D eigenvalue weighted by molar-refractivity contribution is 7.09. The van der Waals surface area contributed by atoms with Crippen molar-refractivity contribution in [2.45, 2.75) is 44.1 Å². The summed E-state index contributed by atoms with van der Waals surface area (Å²) in [5.41, 5.74) is 1.09. The molecule has 1 aromatic heterocycles. The fourth-order valence-electron chi connectivity index (χ4n) is 2.37. The normalized spacial score (nSPS) is 19.1. The van der Waals surface area contributed by atoms with Gasteiger partial charge in [-0.3, -0.25) is 4.79 Å². The summed E-state index contributed by atoms with van der Waals surface area (Å²) in [6.45, 7) is 0. The second-order valence-electron chi connectivity index (χ2n) is 4.51. The Hall–Kier alpha value is -0.940. The highest BCUT2D eigenvalue weighted by Gasteiger charge is 2.24. The van der Waals surface area contributed by atoms with E-state index in [-0.39, 0.29) is 0 Å². The molecule has 5 heteroatoms. The number of rotatable bonds is 4. The van der Waals surface area contributed by atoms with Gasteiger partial charge in [-0.25, -0.2) is 4.98 Å². The highest BCUT2D eigenvalue weighted by atomic mass is 32.1. The molecule has 1 aromatic rings. The number of carboxylic acid groups (broad SMARTS) is 1. The summed E-state index contributed by atoms with van der Waals surface area (Å²) in [7, 11) is 1.65. The first kappa shape index (κ1) is 12.5. The molecule has 2 N–H and O–H groups in total. The number of likely N-dealkylation sites (N-methyl/N-ethyl adjacent to an activating group) is 1. The zero-order valence-electron chi connectivity index (χ0n) is 9.98. The number of aromatic nitrogens is 1. The van der Waals surface area contributed by atoms with E-state index >= 15 is 0 Å². The zero-order chi connectivity index (χ0) is 12.3. The number of nitrogens with one attached hydrogen (secondary N) is 1. The number of carbonyl (C=O) groups is 1. The second kappa shape index (κ2) is 5.60. The van der Waals surface area contributed by atoms with Gasteiger partial charge in [0.2, 0.25) is 0 Å². The Morgan fingerprint density at radius 2 is 2.24 bits per heavy atom. The number of nitrogens with zero attached hydrogens (tertiary/aromatic N) is 1. The molecular formula is C12H18N2O2S. The van der Waals surface area contributed by atoms with Crippen LogP contribution in [-0.2, 0) is 4.79 Å². The molecule has 1 unspecified atom stereocenters. The van der Waals surface area contributed by atoms with Crippen molar-refractivity contribution in [3.8, 4) is 0 Å². The monoisotopic (exact) mass is 254 g/mol. The predicted molar refractivity (Wildman–Crippen MR) is 67.4 cm³/mol. The van der Waals surface area contributed by atoms with E-state index in [0.29, 0.717) is 10.9 Å². The first-order chi connectivity index (χ1) is 8.22. The highest BCUT2D eigenvalue weighted by Crippen LogP contribution is 2.33. The summed E-state index contributed by atoms with van der Waals surface area (Å²) in [5.74, 6) is -0.322. The molecule has 1 aliphatic rings. The minimum atomic E-state index is -0.864. The maximum absolute atomic E-state index is 11.0. The van der Waals surface area contributed by atoms with E-state index < -0.39 is 12.0 Å². The van der Waals surface area contributed by atoms with Gasteiger partial charge in [-0.1, -0.05) is 19.3 Å². The Morgan fingerprint density at radius 3 is 2.82 bits per heavy atom. The van der Waals surface area contributed by atoms with Gasteiger partial charge in [0.1, 0.15) is 5.01 Å². The van der Waals surface area contributed by atoms with Crippen molar-refractivity contribution >= 4 is 17.3 Å². The Balaban J connectivity index is 2.11. The van der Waals surface area contributed by atoms with Crippen LogP contribution >= 0.6 is 11.3 Å². The lowest BCUT2D eigenvalue weighted by atomic mass is 9.87. The smallest absolute Gasteiger partial charge is 0.327 e. The second-order valence-corrected chi connectivity index (χ2v) is 5.40. The third-order valence-electron chi connectivity index (χ3n) is 3.35. The maximum atomic E-state index is 11.0. The van der Waals surface area contributed by atoms with E-state index in [2.05, 4.69) is 10.3 Å². The van der Waals surface area contributed by atoms with Crippen LogP contribution in [0.3, 0.4) is 0 Å². The standard InChI is InChI=1S/C12H18N2O2S/c1-13-10(12(15)16)11-14-9(7-17-11)8-5-3-2-4-6-8/h7-8,10,13H,2-6H2,1H3,(H,15,16). The minimum Gasteiger partial charge on any atom is -0.480 e. The topological polar surface area (TPSA) is 62.2 Å². The first-order valence-corrected chi connectivity index (χ1v) is 6.95. The predicted octanol–water partition coefficient (Wildman–Crippen LogP) is 2.54. The lowest BCUT2D eigenvalue weighted by Gasteiger charge is -2.19. The Morgan fingerprint density at radius 1 is 1.53 bits per heavy atom. The zero-order valence-corrected chi connectivity index (χ0v) is 10.8. The van der Waals surface area contributed by atoms with Crippen molar-refractivity contribution in [1.82, 2.24) is 10.3 Å². The molecular weight excluding hydrogens is 236 g/mol. The van der Waals surface area contributed by atoms with Crippen molar-refractivity contribution in [3.05, 3.63) is 16.1 Å². The van der Waals surface area contributed by atoms with Crippen LogP contribution in [0.2, 0.25) is 0 Å². The number of carboxylic acids is 1.